The van der Waals surface area contributed by atoms with Crippen molar-refractivity contribution in [2.45, 2.75) is 102 Å². The number of rotatable bonds is 12. The number of amides is 1. The number of ether oxygens (including phenoxy) is 2. The molecular formula is C32H44F4N4O4. The maximum atomic E-state index is 13.5. The van der Waals surface area contributed by atoms with Crippen LogP contribution in [-0.2, 0) is 22.4 Å². The van der Waals surface area contributed by atoms with E-state index in [1.807, 2.05) is 26.8 Å². The lowest BCUT2D eigenvalue weighted by atomic mass is 9.72. The maximum Gasteiger partial charge on any atom is 0.405 e. The summed E-state index contributed by atoms with van der Waals surface area (Å²) in [6, 6.07) is 6.65. The van der Waals surface area contributed by atoms with E-state index in [-0.39, 0.29) is 30.2 Å². The highest BCUT2D eigenvalue weighted by atomic mass is 19.4. The summed E-state index contributed by atoms with van der Waals surface area (Å²) < 4.78 is 64.8. The number of fused-ring (bicyclic) bond motifs is 1. The first-order valence-corrected chi connectivity index (χ1v) is 15.1. The van der Waals surface area contributed by atoms with Crippen molar-refractivity contribution in [2.75, 3.05) is 25.5 Å². The Hall–Kier alpha value is -2.96. The van der Waals surface area contributed by atoms with E-state index in [0.717, 1.165) is 24.8 Å². The number of pyridine rings is 1. The van der Waals surface area contributed by atoms with Crippen LogP contribution in [-0.4, -0.2) is 66.2 Å². The molecule has 1 saturated carbocycles. The van der Waals surface area contributed by atoms with E-state index >= 15 is 0 Å². The van der Waals surface area contributed by atoms with Crippen molar-refractivity contribution in [3.8, 4) is 5.75 Å². The number of halogens is 4. The molecule has 0 bridgehead atoms. The standard InChI is InChI=1S/C32H44F4N4O4/c1-19(43-5)29(42)40-24(13-20-7-9-21(33)10-8-20)26(41)17-37-25-16-31(11-6-12-31)44-27-23(25)14-22(15-30(2,3)4)39-28(27)38-18-32(34,35)36/h7-10,14,19,24-26,37,41H,6,11-13,15-18H2,1-5H3,(H,38,39)(H,40,42)/t19-,24+,25+,26+/m1/s1. The molecule has 0 saturated heterocycles. The summed E-state index contributed by atoms with van der Waals surface area (Å²) in [4.78, 5) is 17.3. The maximum absolute atomic E-state index is 13.5. The smallest absolute Gasteiger partial charge is 0.405 e. The van der Waals surface area contributed by atoms with Crippen LogP contribution >= 0.6 is 0 Å². The minimum atomic E-state index is -4.44. The molecule has 8 nitrogen and oxygen atoms in total. The molecule has 44 heavy (non-hydrogen) atoms. The van der Waals surface area contributed by atoms with Gasteiger partial charge in [-0.2, -0.15) is 13.2 Å². The number of aliphatic hydroxyl groups is 1. The molecule has 1 fully saturated rings. The molecule has 1 aliphatic carbocycles. The number of anilines is 1. The van der Waals surface area contributed by atoms with Gasteiger partial charge in [0.2, 0.25) is 5.91 Å². The number of aromatic nitrogens is 1. The Kier molecular flexibility index (Phi) is 10.5. The van der Waals surface area contributed by atoms with Crippen LogP contribution in [0.5, 0.6) is 5.75 Å². The fourth-order valence-corrected chi connectivity index (χ4v) is 5.68. The number of carbonyl (C=O) groups excluding carboxylic acids is 1. The lowest BCUT2D eigenvalue weighted by molar-refractivity contribution is -0.131. The first-order chi connectivity index (χ1) is 20.6. The summed E-state index contributed by atoms with van der Waals surface area (Å²) in [6.07, 6.45) is -2.45. The summed E-state index contributed by atoms with van der Waals surface area (Å²) >= 11 is 0. The first-order valence-electron chi connectivity index (χ1n) is 15.1. The molecule has 4 atom stereocenters. The number of benzene rings is 1. The first kappa shape index (κ1) is 33.9. The van der Waals surface area contributed by atoms with Crippen molar-refractivity contribution in [1.82, 2.24) is 15.6 Å². The second kappa shape index (κ2) is 13.6. The van der Waals surface area contributed by atoms with E-state index in [0.29, 0.717) is 29.8 Å². The molecule has 1 spiro atoms. The van der Waals surface area contributed by atoms with Gasteiger partial charge in [-0.3, -0.25) is 4.79 Å². The molecule has 244 valence electrons. The molecule has 2 aliphatic rings. The van der Waals surface area contributed by atoms with Crippen molar-refractivity contribution in [3.63, 3.8) is 0 Å². The number of alkyl halides is 3. The van der Waals surface area contributed by atoms with Crippen LogP contribution in [0, 0.1) is 11.2 Å². The van der Waals surface area contributed by atoms with Crippen LogP contribution in [0.3, 0.4) is 0 Å². The molecule has 1 amide bonds. The van der Waals surface area contributed by atoms with E-state index in [1.165, 1.54) is 19.2 Å². The Morgan fingerprint density at radius 3 is 2.45 bits per heavy atom. The van der Waals surface area contributed by atoms with Gasteiger partial charge in [-0.05, 0) is 68.2 Å². The highest BCUT2D eigenvalue weighted by Crippen LogP contribution is 2.51. The number of aliphatic hydroxyl groups excluding tert-OH is 1. The predicted molar refractivity (Wildman–Crippen MR) is 159 cm³/mol. The average molecular weight is 625 g/mol. The molecule has 4 N–H and O–H groups in total. The third kappa shape index (κ3) is 9.04. The van der Waals surface area contributed by atoms with Gasteiger partial charge in [0, 0.05) is 37.4 Å². The third-order valence-corrected chi connectivity index (χ3v) is 8.21. The van der Waals surface area contributed by atoms with Gasteiger partial charge in [-0.1, -0.05) is 32.9 Å². The van der Waals surface area contributed by atoms with Crippen molar-refractivity contribution in [2.24, 2.45) is 5.41 Å². The monoisotopic (exact) mass is 624 g/mol. The zero-order chi connectivity index (χ0) is 32.3. The Morgan fingerprint density at radius 2 is 1.89 bits per heavy atom. The number of hydrogen-bond acceptors (Lipinski definition) is 7. The van der Waals surface area contributed by atoms with Crippen molar-refractivity contribution in [3.05, 3.63) is 53.0 Å². The third-order valence-electron chi connectivity index (χ3n) is 8.21. The van der Waals surface area contributed by atoms with E-state index < -0.39 is 48.3 Å². The fraction of sp³-hybridized carbons (Fsp3) is 0.625. The number of carbonyl (C=O) groups is 1. The van der Waals surface area contributed by atoms with Crippen LogP contribution in [0.15, 0.2) is 30.3 Å². The van der Waals surface area contributed by atoms with Crippen molar-refractivity contribution >= 4 is 11.7 Å². The van der Waals surface area contributed by atoms with Gasteiger partial charge >= 0.3 is 6.18 Å². The van der Waals surface area contributed by atoms with E-state index in [1.54, 1.807) is 19.1 Å². The van der Waals surface area contributed by atoms with Gasteiger partial charge in [0.25, 0.3) is 0 Å². The second-order valence-electron chi connectivity index (χ2n) is 13.3. The summed E-state index contributed by atoms with van der Waals surface area (Å²) in [7, 11) is 1.41. The minimum Gasteiger partial charge on any atom is -0.483 e. The molecule has 0 unspecified atom stereocenters. The van der Waals surface area contributed by atoms with Crippen LogP contribution in [0.1, 0.15) is 76.2 Å². The number of methoxy groups -OCH3 is 1. The molecule has 1 aromatic heterocycles. The normalized spacial score (nSPS) is 19.7. The van der Waals surface area contributed by atoms with Crippen molar-refractivity contribution in [1.29, 1.82) is 0 Å². The van der Waals surface area contributed by atoms with Crippen LogP contribution in [0.4, 0.5) is 23.4 Å². The number of nitrogens with zero attached hydrogens (tertiary/aromatic N) is 1. The molecule has 1 aromatic carbocycles. The Bertz CT molecular complexity index is 1280. The van der Waals surface area contributed by atoms with Gasteiger partial charge in [-0.25, -0.2) is 9.37 Å². The zero-order valence-corrected chi connectivity index (χ0v) is 26.0. The van der Waals surface area contributed by atoms with Crippen LogP contribution < -0.4 is 20.7 Å². The lowest BCUT2D eigenvalue weighted by Crippen LogP contribution is -2.53. The number of nitrogens with one attached hydrogen (secondary N) is 3. The Labute approximate surface area is 256 Å². The highest BCUT2D eigenvalue weighted by molar-refractivity contribution is 5.80. The highest BCUT2D eigenvalue weighted by Gasteiger charge is 2.47. The molecule has 2 heterocycles. The van der Waals surface area contributed by atoms with Crippen LogP contribution in [0.2, 0.25) is 0 Å². The molecule has 1 aliphatic heterocycles. The molecule has 4 rings (SSSR count). The largest absolute Gasteiger partial charge is 0.483 e. The zero-order valence-electron chi connectivity index (χ0n) is 26.0. The van der Waals surface area contributed by atoms with E-state index in [2.05, 4.69) is 20.9 Å². The van der Waals surface area contributed by atoms with E-state index in [9.17, 15) is 27.5 Å². The quantitative estimate of drug-likeness (QED) is 0.240. The molecule has 12 heteroatoms. The van der Waals surface area contributed by atoms with Gasteiger partial charge in [0.05, 0.1) is 12.1 Å². The van der Waals surface area contributed by atoms with Gasteiger partial charge < -0.3 is 30.5 Å². The van der Waals surface area contributed by atoms with Gasteiger partial charge in [0.15, 0.2) is 11.6 Å². The molecule has 2 aromatic rings. The van der Waals surface area contributed by atoms with E-state index in [4.69, 9.17) is 9.47 Å². The molecular weight excluding hydrogens is 580 g/mol. The Morgan fingerprint density at radius 1 is 1.20 bits per heavy atom. The summed E-state index contributed by atoms with van der Waals surface area (Å²) in [5.41, 5.74) is 1.34. The topological polar surface area (TPSA) is 105 Å². The second-order valence-corrected chi connectivity index (χ2v) is 13.3. The predicted octanol–water partition coefficient (Wildman–Crippen LogP) is 5.24. The van der Waals surface area contributed by atoms with Crippen LogP contribution in [0.25, 0.3) is 0 Å². The SMILES string of the molecule is CO[C@H](C)C(=O)N[C@@H](Cc1ccc(F)cc1)[C@@H](O)CN[C@H]1CC2(CCC2)Oc2c1cc(CC(C)(C)C)nc2NCC(F)(F)F. The van der Waals surface area contributed by atoms with Gasteiger partial charge in [0.1, 0.15) is 24.1 Å². The number of hydrogen-bond donors (Lipinski definition) is 4. The molecule has 0 radical (unpaired) electrons. The Balaban J connectivity index is 1.61. The average Bonchev–Trinajstić information content (AvgIpc) is 2.92. The summed E-state index contributed by atoms with van der Waals surface area (Å²) in [5, 5.41) is 20.1. The lowest BCUT2D eigenvalue weighted by Gasteiger charge is -2.48. The van der Waals surface area contributed by atoms with Crippen molar-refractivity contribution < 1.29 is 36.9 Å². The fourth-order valence-electron chi connectivity index (χ4n) is 5.68. The van der Waals surface area contributed by atoms with Gasteiger partial charge in [-0.15, -0.1) is 0 Å². The summed E-state index contributed by atoms with van der Waals surface area (Å²) in [5.74, 6) is -0.429. The summed E-state index contributed by atoms with van der Waals surface area (Å²) in [6.45, 7) is 6.51. The minimum absolute atomic E-state index is 0.0624.